The topological polar surface area (TPSA) is 208 Å². The lowest BCUT2D eigenvalue weighted by atomic mass is 10.0. The molecule has 0 radical (unpaired) electrons. The van der Waals surface area contributed by atoms with Crippen molar-refractivity contribution in [3.8, 4) is 0 Å². The van der Waals surface area contributed by atoms with E-state index in [4.69, 9.17) is 34.6 Å². The summed E-state index contributed by atoms with van der Waals surface area (Å²) in [5, 5.41) is 9.11. The van der Waals surface area contributed by atoms with Gasteiger partial charge in [0.15, 0.2) is 24.3 Å². The zero-order valence-electron chi connectivity index (χ0n) is 22.1. The number of nitrogens with two attached hydrogens (primary N) is 1. The van der Waals surface area contributed by atoms with Crippen LogP contribution in [0, 0.1) is 0 Å². The number of anilines is 1. The summed E-state index contributed by atoms with van der Waals surface area (Å²) in [6.45, 7) is 0.825. The Morgan fingerprint density at radius 3 is 2.41 bits per heavy atom. The Kier molecular flexibility index (Phi) is 9.65. The number of rotatable bonds is 11. The van der Waals surface area contributed by atoms with Crippen LogP contribution in [0.2, 0.25) is 0 Å². The SMILES string of the molecule is CCCCCC(=O)ONc1ccn([C@@H]2OC(COC(=O)[C@@H](N)CO)[C@H]3OC(=O)c4ccccc4C(=O)O[C@H]32)c(=O)n1. The van der Waals surface area contributed by atoms with Crippen LogP contribution >= 0.6 is 0 Å². The summed E-state index contributed by atoms with van der Waals surface area (Å²) in [5.74, 6) is -3.26. The first-order valence-corrected chi connectivity index (χ1v) is 13.0. The molecule has 1 aromatic heterocycles. The molecule has 15 nitrogen and oxygen atoms in total. The highest BCUT2D eigenvalue weighted by Gasteiger charge is 2.52. The van der Waals surface area contributed by atoms with E-state index in [0.717, 1.165) is 17.4 Å². The first kappa shape index (κ1) is 29.6. The van der Waals surface area contributed by atoms with Crippen molar-refractivity contribution < 1.29 is 48.1 Å². The van der Waals surface area contributed by atoms with E-state index in [1.165, 1.54) is 24.4 Å². The molecule has 2 aliphatic heterocycles. The van der Waals surface area contributed by atoms with Crippen molar-refractivity contribution >= 4 is 29.7 Å². The predicted molar refractivity (Wildman–Crippen MR) is 137 cm³/mol. The fraction of sp³-hybridized carbons (Fsp3) is 0.462. The molecule has 1 aromatic carbocycles. The Hall–Kier alpha value is -4.34. The van der Waals surface area contributed by atoms with Crippen molar-refractivity contribution in [2.24, 2.45) is 5.73 Å². The Bertz CT molecular complexity index is 1350. The van der Waals surface area contributed by atoms with Crippen LogP contribution in [0.3, 0.4) is 0 Å². The van der Waals surface area contributed by atoms with E-state index in [0.29, 0.717) is 6.42 Å². The molecule has 4 N–H and O–H groups in total. The zero-order chi connectivity index (χ0) is 29.5. The number of nitrogens with one attached hydrogen (secondary N) is 1. The lowest BCUT2D eigenvalue weighted by molar-refractivity contribution is -0.152. The molecule has 41 heavy (non-hydrogen) atoms. The summed E-state index contributed by atoms with van der Waals surface area (Å²) in [4.78, 5) is 71.7. The lowest BCUT2D eigenvalue weighted by Gasteiger charge is -2.27. The fourth-order valence-corrected chi connectivity index (χ4v) is 4.24. The van der Waals surface area contributed by atoms with Gasteiger partial charge in [-0.3, -0.25) is 9.36 Å². The summed E-state index contributed by atoms with van der Waals surface area (Å²) in [5.41, 5.74) is 6.83. The fourth-order valence-electron chi connectivity index (χ4n) is 4.24. The number of ether oxygens (including phenoxy) is 4. The minimum atomic E-state index is -1.36. The normalized spacial score (nSPS) is 22.2. The number of aromatic nitrogens is 2. The molecule has 4 rings (SSSR count). The van der Waals surface area contributed by atoms with Gasteiger partial charge in [0.25, 0.3) is 0 Å². The average Bonchev–Trinajstić information content (AvgIpc) is 3.29. The van der Waals surface area contributed by atoms with Gasteiger partial charge in [-0.25, -0.2) is 24.7 Å². The molecule has 2 aromatic rings. The van der Waals surface area contributed by atoms with E-state index in [2.05, 4.69) is 10.5 Å². The molecule has 5 atom stereocenters. The molecular formula is C26H30N4O11. The number of aliphatic hydroxyl groups is 1. The Labute approximate surface area is 233 Å². The summed E-state index contributed by atoms with van der Waals surface area (Å²) in [6.07, 6.45) is -1.31. The van der Waals surface area contributed by atoms with E-state index in [-0.39, 0.29) is 23.4 Å². The van der Waals surface area contributed by atoms with Gasteiger partial charge in [-0.1, -0.05) is 31.9 Å². The van der Waals surface area contributed by atoms with Gasteiger partial charge < -0.3 is 34.6 Å². The molecule has 0 saturated carbocycles. The average molecular weight is 575 g/mol. The summed E-state index contributed by atoms with van der Waals surface area (Å²) in [7, 11) is 0. The molecule has 15 heteroatoms. The third-order valence-corrected chi connectivity index (χ3v) is 6.39. The van der Waals surface area contributed by atoms with Gasteiger partial charge in [-0.15, -0.1) is 0 Å². The quantitative estimate of drug-likeness (QED) is 0.142. The molecule has 2 aliphatic rings. The number of esters is 3. The van der Waals surface area contributed by atoms with Crippen molar-refractivity contribution in [3.05, 3.63) is 58.1 Å². The number of carbonyl (C=O) groups is 4. The van der Waals surface area contributed by atoms with E-state index in [9.17, 15) is 24.0 Å². The van der Waals surface area contributed by atoms with Crippen molar-refractivity contribution in [2.45, 2.75) is 63.2 Å². The number of benzene rings is 1. The number of hydrogen-bond donors (Lipinski definition) is 3. The summed E-state index contributed by atoms with van der Waals surface area (Å²) >= 11 is 0. The maximum atomic E-state index is 13.0. The van der Waals surface area contributed by atoms with Crippen LogP contribution in [0.15, 0.2) is 41.3 Å². The monoisotopic (exact) mass is 574 g/mol. The van der Waals surface area contributed by atoms with Crippen molar-refractivity contribution in [1.29, 1.82) is 0 Å². The second-order valence-corrected chi connectivity index (χ2v) is 9.31. The molecule has 220 valence electrons. The Balaban J connectivity index is 1.58. The second kappa shape index (κ2) is 13.3. The van der Waals surface area contributed by atoms with Crippen molar-refractivity contribution in [2.75, 3.05) is 18.7 Å². The van der Waals surface area contributed by atoms with E-state index in [1.807, 2.05) is 6.92 Å². The minimum Gasteiger partial charge on any atom is -0.462 e. The standard InChI is InChI=1S/C26H30N4O11/c1-2-3-4-9-19(32)41-29-18-10-11-30(26(36)28-18)22-21-20(17(38-22)13-37-25(35)16(27)12-31)39-23(33)14-7-5-6-8-15(14)24(34)40-21/h5-8,10-11,16-17,20-22,31H,2-4,9,12-13,27H2,1H3,(H,28,29,36)/t16-,17?,20+,21+,22+/m0/s1. The Morgan fingerprint density at radius 2 is 1.78 bits per heavy atom. The molecule has 1 unspecified atom stereocenters. The van der Waals surface area contributed by atoms with Gasteiger partial charge in [0.1, 0.15) is 18.8 Å². The number of aliphatic hydroxyl groups excluding tert-OH is 1. The first-order valence-electron chi connectivity index (χ1n) is 13.0. The van der Waals surface area contributed by atoms with Crippen LogP contribution in [0.1, 0.15) is 59.6 Å². The maximum absolute atomic E-state index is 13.0. The third kappa shape index (κ3) is 6.87. The first-order chi connectivity index (χ1) is 19.7. The van der Waals surface area contributed by atoms with Crippen molar-refractivity contribution in [3.63, 3.8) is 0 Å². The smallest absolute Gasteiger partial charge is 0.351 e. The van der Waals surface area contributed by atoms with Gasteiger partial charge in [0.05, 0.1) is 17.7 Å². The van der Waals surface area contributed by atoms with E-state index >= 15 is 0 Å². The number of carbonyl (C=O) groups excluding carboxylic acids is 4. The summed E-state index contributed by atoms with van der Waals surface area (Å²) in [6, 6.07) is 5.85. The largest absolute Gasteiger partial charge is 0.462 e. The van der Waals surface area contributed by atoms with Crippen LogP contribution in [-0.2, 0) is 33.4 Å². The predicted octanol–water partition coefficient (Wildman–Crippen LogP) is 0.219. The number of nitrogens with zero attached hydrogens (tertiary/aromatic N) is 2. The molecule has 0 aliphatic carbocycles. The van der Waals surface area contributed by atoms with Crippen LogP contribution in [0.4, 0.5) is 5.82 Å². The third-order valence-electron chi connectivity index (χ3n) is 6.39. The van der Waals surface area contributed by atoms with Crippen LogP contribution in [0.25, 0.3) is 0 Å². The van der Waals surface area contributed by atoms with Crippen LogP contribution < -0.4 is 16.9 Å². The highest BCUT2D eigenvalue weighted by atomic mass is 16.7. The van der Waals surface area contributed by atoms with Crippen LogP contribution in [0.5, 0.6) is 0 Å². The molecular weight excluding hydrogens is 544 g/mol. The number of fused-ring (bicyclic) bond motifs is 2. The van der Waals surface area contributed by atoms with E-state index in [1.54, 1.807) is 12.1 Å². The minimum absolute atomic E-state index is 0.0454. The van der Waals surface area contributed by atoms with Gasteiger partial charge in [0, 0.05) is 18.7 Å². The maximum Gasteiger partial charge on any atom is 0.351 e. The number of hydrogen-bond acceptors (Lipinski definition) is 14. The van der Waals surface area contributed by atoms with Crippen LogP contribution in [-0.4, -0.2) is 76.1 Å². The molecule has 0 amide bonds. The summed E-state index contributed by atoms with van der Waals surface area (Å²) < 4.78 is 23.3. The second-order valence-electron chi connectivity index (χ2n) is 9.31. The van der Waals surface area contributed by atoms with E-state index < -0.39 is 73.4 Å². The van der Waals surface area contributed by atoms with Gasteiger partial charge >= 0.3 is 29.6 Å². The lowest BCUT2D eigenvalue weighted by Crippen LogP contribution is -2.44. The molecule has 0 bridgehead atoms. The molecule has 0 spiro atoms. The highest BCUT2D eigenvalue weighted by Crippen LogP contribution is 2.36. The molecule has 1 fully saturated rings. The highest BCUT2D eigenvalue weighted by molar-refractivity contribution is 6.03. The molecule has 3 heterocycles. The van der Waals surface area contributed by atoms with Gasteiger partial charge in [-0.05, 0) is 18.6 Å². The zero-order valence-corrected chi connectivity index (χ0v) is 22.1. The number of unbranched alkanes of at least 4 members (excludes halogenated alkanes) is 2. The van der Waals surface area contributed by atoms with Gasteiger partial charge in [-0.2, -0.15) is 4.98 Å². The molecule has 1 saturated heterocycles. The van der Waals surface area contributed by atoms with Gasteiger partial charge in [0.2, 0.25) is 0 Å². The Morgan fingerprint density at radius 1 is 1.10 bits per heavy atom. The van der Waals surface area contributed by atoms with Crippen molar-refractivity contribution in [1.82, 2.24) is 9.55 Å².